The normalized spacial score (nSPS) is 22.5. The molecule has 1 aliphatic heterocycles. The molecule has 0 saturated carbocycles. The molecule has 10 heteroatoms. The zero-order valence-corrected chi connectivity index (χ0v) is 16.9. The van der Waals surface area contributed by atoms with E-state index in [2.05, 4.69) is 10.9 Å². The van der Waals surface area contributed by atoms with Gasteiger partial charge in [-0.1, -0.05) is 18.5 Å². The van der Waals surface area contributed by atoms with E-state index in [9.17, 15) is 19.2 Å². The molecule has 3 rings (SSSR count). The molecule has 0 fully saturated rings. The molecule has 1 aromatic carbocycles. The number of halogens is 1. The van der Waals surface area contributed by atoms with Crippen LogP contribution in [0.1, 0.15) is 41.0 Å². The Kier molecular flexibility index (Phi) is 5.27. The quantitative estimate of drug-likeness (QED) is 0.709. The fourth-order valence-corrected chi connectivity index (χ4v) is 3.82. The van der Waals surface area contributed by atoms with E-state index in [0.29, 0.717) is 0 Å². The number of allylic oxidation sites excluding steroid dienone is 1. The molecule has 2 amide bonds. The summed E-state index contributed by atoms with van der Waals surface area (Å²) in [6.07, 6.45) is 1.30. The van der Waals surface area contributed by atoms with Gasteiger partial charge in [-0.05, 0) is 6.07 Å². The first-order valence-electron chi connectivity index (χ1n) is 8.67. The van der Waals surface area contributed by atoms with Crippen LogP contribution < -0.4 is 20.3 Å². The number of carbonyl (C=O) groups is 4. The highest BCUT2D eigenvalue weighted by Crippen LogP contribution is 2.52. The molecule has 9 nitrogen and oxygen atoms in total. The SMILES string of the molecule is COC1=CC(=O)C[C@@H](C)[C@]12Oc1c(Cl)c(C(=O)NNC(C)=O)cc(OC)c1C2=O. The van der Waals surface area contributed by atoms with E-state index < -0.39 is 29.1 Å². The van der Waals surface area contributed by atoms with Gasteiger partial charge in [0.15, 0.2) is 17.3 Å². The van der Waals surface area contributed by atoms with Crippen molar-refractivity contribution in [3.05, 3.63) is 34.1 Å². The molecule has 0 aromatic heterocycles. The minimum Gasteiger partial charge on any atom is -0.496 e. The van der Waals surface area contributed by atoms with Crippen molar-refractivity contribution in [1.29, 1.82) is 0 Å². The topological polar surface area (TPSA) is 120 Å². The van der Waals surface area contributed by atoms with Gasteiger partial charge in [-0.2, -0.15) is 0 Å². The maximum atomic E-state index is 13.4. The maximum Gasteiger partial charge on any atom is 0.271 e. The summed E-state index contributed by atoms with van der Waals surface area (Å²) in [5, 5.41) is -0.131. The molecule has 0 bridgehead atoms. The summed E-state index contributed by atoms with van der Waals surface area (Å²) in [5.41, 5.74) is 2.75. The number of ether oxygens (including phenoxy) is 3. The number of ketones is 2. The average molecular weight is 423 g/mol. The predicted molar refractivity (Wildman–Crippen MR) is 101 cm³/mol. The number of amides is 2. The summed E-state index contributed by atoms with van der Waals surface area (Å²) < 4.78 is 16.6. The summed E-state index contributed by atoms with van der Waals surface area (Å²) in [6.45, 7) is 2.92. The lowest BCUT2D eigenvalue weighted by Gasteiger charge is -2.36. The van der Waals surface area contributed by atoms with Crippen LogP contribution in [0.5, 0.6) is 11.5 Å². The molecule has 1 aliphatic carbocycles. The average Bonchev–Trinajstić information content (AvgIpc) is 2.98. The summed E-state index contributed by atoms with van der Waals surface area (Å²) in [6, 6.07) is 1.29. The molecule has 0 radical (unpaired) electrons. The molecule has 2 N–H and O–H groups in total. The van der Waals surface area contributed by atoms with E-state index in [4.69, 9.17) is 25.8 Å². The Balaban J connectivity index is 2.15. The third-order valence-electron chi connectivity index (χ3n) is 4.91. The van der Waals surface area contributed by atoms with Gasteiger partial charge >= 0.3 is 0 Å². The number of hydrazine groups is 1. The molecule has 2 atom stereocenters. The highest BCUT2D eigenvalue weighted by molar-refractivity contribution is 6.37. The fraction of sp³-hybridized carbons (Fsp3) is 0.368. The van der Waals surface area contributed by atoms with E-state index in [1.54, 1.807) is 6.92 Å². The number of carbonyl (C=O) groups excluding carboxylic acids is 4. The molecular weight excluding hydrogens is 404 g/mol. The zero-order chi connectivity index (χ0) is 21.5. The van der Waals surface area contributed by atoms with Crippen LogP contribution in [0.2, 0.25) is 5.02 Å². The lowest BCUT2D eigenvalue weighted by atomic mass is 9.75. The van der Waals surface area contributed by atoms with Crippen LogP contribution in [-0.2, 0) is 14.3 Å². The number of hydrogen-bond donors (Lipinski definition) is 2. The minimum atomic E-state index is -1.59. The first kappa shape index (κ1) is 20.7. The summed E-state index contributed by atoms with van der Waals surface area (Å²) in [5.74, 6) is -2.35. The Labute approximate surface area is 171 Å². The van der Waals surface area contributed by atoms with Gasteiger partial charge < -0.3 is 14.2 Å². The Morgan fingerprint density at radius 1 is 1.24 bits per heavy atom. The summed E-state index contributed by atoms with van der Waals surface area (Å²) >= 11 is 6.39. The molecule has 2 aliphatic rings. The summed E-state index contributed by atoms with van der Waals surface area (Å²) in [4.78, 5) is 48.9. The van der Waals surface area contributed by atoms with E-state index >= 15 is 0 Å². The first-order valence-corrected chi connectivity index (χ1v) is 9.05. The second kappa shape index (κ2) is 7.40. The van der Waals surface area contributed by atoms with Gasteiger partial charge in [-0.15, -0.1) is 0 Å². The predicted octanol–water partition coefficient (Wildman–Crippen LogP) is 1.58. The van der Waals surface area contributed by atoms with Crippen molar-refractivity contribution in [3.8, 4) is 11.5 Å². The van der Waals surface area contributed by atoms with Crippen LogP contribution in [0.15, 0.2) is 17.9 Å². The van der Waals surface area contributed by atoms with Crippen LogP contribution >= 0.6 is 11.6 Å². The highest BCUT2D eigenvalue weighted by atomic mass is 35.5. The standard InChI is InChI=1S/C19H19ClN2O7/c1-8-5-10(24)6-13(28-4)19(8)17(25)14-12(27-3)7-11(15(20)16(14)29-19)18(26)22-21-9(2)23/h6-8H,5H2,1-4H3,(H,21,23)(H,22,26)/t8-,19+/m1/s1. The van der Waals surface area contributed by atoms with Gasteiger partial charge in [0.1, 0.15) is 11.3 Å². The third kappa shape index (κ3) is 3.11. The number of methoxy groups -OCH3 is 2. The first-order chi connectivity index (χ1) is 13.7. The van der Waals surface area contributed by atoms with Crippen LogP contribution in [0, 0.1) is 5.92 Å². The van der Waals surface area contributed by atoms with Crippen molar-refractivity contribution in [3.63, 3.8) is 0 Å². The second-order valence-electron chi connectivity index (χ2n) is 6.73. The minimum absolute atomic E-state index is 0.0480. The molecule has 29 heavy (non-hydrogen) atoms. The van der Waals surface area contributed by atoms with E-state index in [1.807, 2.05) is 0 Å². The zero-order valence-electron chi connectivity index (χ0n) is 16.2. The lowest BCUT2D eigenvalue weighted by molar-refractivity contribution is -0.120. The van der Waals surface area contributed by atoms with Crippen molar-refractivity contribution >= 4 is 35.0 Å². The molecule has 1 spiro atoms. The molecule has 154 valence electrons. The number of nitrogens with one attached hydrogen (secondary N) is 2. The molecule has 1 heterocycles. The lowest BCUT2D eigenvalue weighted by Crippen LogP contribution is -2.51. The van der Waals surface area contributed by atoms with Gasteiger partial charge in [0.2, 0.25) is 17.3 Å². The van der Waals surface area contributed by atoms with Crippen molar-refractivity contribution in [1.82, 2.24) is 10.9 Å². The molecule has 0 unspecified atom stereocenters. The van der Waals surface area contributed by atoms with Gasteiger partial charge in [0.05, 0.1) is 24.8 Å². The van der Waals surface area contributed by atoms with Gasteiger partial charge in [0.25, 0.3) is 5.91 Å². The number of rotatable bonds is 3. The van der Waals surface area contributed by atoms with Crippen molar-refractivity contribution in [2.24, 2.45) is 5.92 Å². The monoisotopic (exact) mass is 422 g/mol. The van der Waals surface area contributed by atoms with Crippen LogP contribution in [0.4, 0.5) is 0 Å². The van der Waals surface area contributed by atoms with E-state index in [0.717, 1.165) is 0 Å². The number of benzene rings is 1. The Bertz CT molecular complexity index is 972. The van der Waals surface area contributed by atoms with Gasteiger partial charge in [-0.3, -0.25) is 30.0 Å². The molecule has 1 aromatic rings. The smallest absolute Gasteiger partial charge is 0.271 e. The highest BCUT2D eigenvalue weighted by Gasteiger charge is 2.59. The second-order valence-corrected chi connectivity index (χ2v) is 7.11. The number of Topliss-reactive ketones (excluding diaryl/α,β-unsaturated/α-hetero) is 1. The van der Waals surface area contributed by atoms with Crippen molar-refractivity contribution < 1.29 is 33.4 Å². The molecular formula is C19H19ClN2O7. The Hall–Kier alpha value is -3.07. The fourth-order valence-electron chi connectivity index (χ4n) is 3.55. The van der Waals surface area contributed by atoms with E-state index in [-0.39, 0.29) is 45.6 Å². The molecule has 0 saturated heterocycles. The van der Waals surface area contributed by atoms with Gasteiger partial charge in [-0.25, -0.2) is 0 Å². The maximum absolute atomic E-state index is 13.4. The van der Waals surface area contributed by atoms with Crippen LogP contribution in [0.3, 0.4) is 0 Å². The summed E-state index contributed by atoms with van der Waals surface area (Å²) in [7, 11) is 2.67. The Morgan fingerprint density at radius 3 is 2.52 bits per heavy atom. The third-order valence-corrected chi connectivity index (χ3v) is 5.28. The number of hydrogen-bond acceptors (Lipinski definition) is 7. The van der Waals surface area contributed by atoms with Crippen LogP contribution in [-0.4, -0.2) is 43.2 Å². The van der Waals surface area contributed by atoms with Crippen molar-refractivity contribution in [2.75, 3.05) is 14.2 Å². The van der Waals surface area contributed by atoms with E-state index in [1.165, 1.54) is 33.3 Å². The largest absolute Gasteiger partial charge is 0.496 e. The van der Waals surface area contributed by atoms with Gasteiger partial charge in [0, 0.05) is 25.3 Å². The van der Waals surface area contributed by atoms with Crippen molar-refractivity contribution in [2.45, 2.75) is 25.9 Å². The number of fused-ring (bicyclic) bond motifs is 1. The van der Waals surface area contributed by atoms with Crippen LogP contribution in [0.25, 0.3) is 0 Å². The Morgan fingerprint density at radius 2 is 1.93 bits per heavy atom.